The van der Waals surface area contributed by atoms with Crippen molar-refractivity contribution < 1.29 is 0 Å². The van der Waals surface area contributed by atoms with Crippen molar-refractivity contribution in [2.75, 3.05) is 0 Å². The second-order valence-corrected chi connectivity index (χ2v) is 2.08. The normalized spacial score (nSPS) is 8.90. The summed E-state index contributed by atoms with van der Waals surface area (Å²) in [6.07, 6.45) is 3.75. The number of aromatic nitrogens is 2. The van der Waals surface area contributed by atoms with Crippen LogP contribution < -0.4 is 0 Å². The Hall–Kier alpha value is -0.790. The summed E-state index contributed by atoms with van der Waals surface area (Å²) < 4.78 is 1.92. The minimum atomic E-state index is 0.491. The average molecular weight is 140 g/mol. The van der Waals surface area contributed by atoms with Crippen LogP contribution >= 0.6 is 0 Å². The van der Waals surface area contributed by atoms with Crippen LogP contribution in [0, 0.1) is 0 Å². The van der Waals surface area contributed by atoms with Crippen LogP contribution in [0.3, 0.4) is 0 Å². The fourth-order valence-corrected chi connectivity index (χ4v) is 0.586. The smallest absolute Gasteiger partial charge is 0.0489 e. The Morgan fingerprint density at radius 3 is 2.10 bits per heavy atom. The van der Waals surface area contributed by atoms with Gasteiger partial charge < -0.3 is 0 Å². The van der Waals surface area contributed by atoms with Gasteiger partial charge in [0.05, 0.1) is 0 Å². The van der Waals surface area contributed by atoms with Crippen LogP contribution in [0.5, 0.6) is 0 Å². The van der Waals surface area contributed by atoms with E-state index in [1.807, 2.05) is 30.8 Å². The summed E-state index contributed by atoms with van der Waals surface area (Å²) in [6, 6.07) is 2.42. The van der Waals surface area contributed by atoms with Crippen molar-refractivity contribution in [2.24, 2.45) is 0 Å². The van der Waals surface area contributed by atoms with Crippen LogP contribution in [0.4, 0.5) is 0 Å². The van der Waals surface area contributed by atoms with Gasteiger partial charge in [-0.2, -0.15) is 5.10 Å². The SMILES string of the molecule is CC.CC(C)n1cccn1. The highest BCUT2D eigenvalue weighted by Crippen LogP contribution is 1.98. The van der Waals surface area contributed by atoms with Gasteiger partial charge in [0, 0.05) is 18.4 Å². The second kappa shape index (κ2) is 5.03. The largest absolute Gasteiger partial charge is 0.270 e. The molecule has 0 aliphatic carbocycles. The predicted octanol–water partition coefficient (Wildman–Crippen LogP) is 2.49. The van der Waals surface area contributed by atoms with E-state index in [1.54, 1.807) is 6.20 Å². The second-order valence-electron chi connectivity index (χ2n) is 2.08. The van der Waals surface area contributed by atoms with Crippen molar-refractivity contribution in [1.29, 1.82) is 0 Å². The Kier molecular flexibility index (Phi) is 4.63. The zero-order valence-electron chi connectivity index (χ0n) is 7.20. The Bertz CT molecular complexity index is 142. The molecule has 0 aromatic carbocycles. The van der Waals surface area contributed by atoms with E-state index >= 15 is 0 Å². The monoisotopic (exact) mass is 140 g/mol. The number of hydrogen-bond donors (Lipinski definition) is 0. The van der Waals surface area contributed by atoms with Gasteiger partial charge in [-0.1, -0.05) is 13.8 Å². The highest BCUT2D eigenvalue weighted by Gasteiger charge is 1.91. The summed E-state index contributed by atoms with van der Waals surface area (Å²) in [5.74, 6) is 0. The van der Waals surface area contributed by atoms with Crippen LogP contribution in [0.1, 0.15) is 33.7 Å². The van der Waals surface area contributed by atoms with E-state index in [2.05, 4.69) is 18.9 Å². The van der Waals surface area contributed by atoms with Crippen molar-refractivity contribution in [3.8, 4) is 0 Å². The first kappa shape index (κ1) is 9.21. The highest BCUT2D eigenvalue weighted by molar-refractivity contribution is 4.79. The third kappa shape index (κ3) is 2.67. The fraction of sp³-hybridized carbons (Fsp3) is 0.625. The molecular weight excluding hydrogens is 124 g/mol. The van der Waals surface area contributed by atoms with Gasteiger partial charge in [0.25, 0.3) is 0 Å². The standard InChI is InChI=1S/C6H10N2.C2H6/c1-6(2)8-5-3-4-7-8;1-2/h3-6H,1-2H3;1-2H3. The summed E-state index contributed by atoms with van der Waals surface area (Å²) in [5, 5.41) is 4.03. The van der Waals surface area contributed by atoms with Gasteiger partial charge in [-0.15, -0.1) is 0 Å². The van der Waals surface area contributed by atoms with Gasteiger partial charge in [0.15, 0.2) is 0 Å². The van der Waals surface area contributed by atoms with E-state index in [0.717, 1.165) is 0 Å². The Labute approximate surface area is 62.9 Å². The van der Waals surface area contributed by atoms with Gasteiger partial charge in [0.1, 0.15) is 0 Å². The lowest BCUT2D eigenvalue weighted by molar-refractivity contribution is 0.532. The molecule has 0 amide bonds. The molecule has 10 heavy (non-hydrogen) atoms. The quantitative estimate of drug-likeness (QED) is 0.586. The third-order valence-electron chi connectivity index (χ3n) is 1.05. The van der Waals surface area contributed by atoms with E-state index in [1.165, 1.54) is 0 Å². The maximum atomic E-state index is 4.03. The Balaban J connectivity index is 0.000000371. The molecule has 1 heterocycles. The topological polar surface area (TPSA) is 17.8 Å². The zero-order chi connectivity index (χ0) is 7.98. The van der Waals surface area contributed by atoms with Crippen LogP contribution in [0.15, 0.2) is 18.5 Å². The molecule has 0 fully saturated rings. The highest BCUT2D eigenvalue weighted by atomic mass is 15.3. The molecule has 1 aromatic rings. The molecule has 0 unspecified atom stereocenters. The number of hydrogen-bond acceptors (Lipinski definition) is 1. The lowest BCUT2D eigenvalue weighted by Gasteiger charge is -2.01. The average Bonchev–Trinajstić information content (AvgIpc) is 2.42. The van der Waals surface area contributed by atoms with E-state index in [4.69, 9.17) is 0 Å². The molecular formula is C8H16N2. The van der Waals surface area contributed by atoms with Gasteiger partial charge in [-0.05, 0) is 19.9 Å². The zero-order valence-corrected chi connectivity index (χ0v) is 7.20. The number of nitrogens with zero attached hydrogens (tertiary/aromatic N) is 2. The lowest BCUT2D eigenvalue weighted by Crippen LogP contribution is -1.99. The van der Waals surface area contributed by atoms with Gasteiger partial charge in [-0.25, -0.2) is 0 Å². The van der Waals surface area contributed by atoms with Crippen LogP contribution in [-0.2, 0) is 0 Å². The van der Waals surface area contributed by atoms with Gasteiger partial charge in [0.2, 0.25) is 0 Å². The van der Waals surface area contributed by atoms with Crippen LogP contribution in [0.2, 0.25) is 0 Å². The molecule has 2 heteroatoms. The molecule has 1 aromatic heterocycles. The van der Waals surface area contributed by atoms with Gasteiger partial charge >= 0.3 is 0 Å². The van der Waals surface area contributed by atoms with E-state index in [-0.39, 0.29) is 0 Å². The molecule has 0 saturated carbocycles. The maximum Gasteiger partial charge on any atom is 0.0489 e. The molecule has 0 aliphatic heterocycles. The molecule has 0 saturated heterocycles. The molecule has 2 nitrogen and oxygen atoms in total. The molecule has 58 valence electrons. The lowest BCUT2D eigenvalue weighted by atomic mass is 10.4. The molecule has 0 N–H and O–H groups in total. The molecule has 1 rings (SSSR count). The van der Waals surface area contributed by atoms with E-state index < -0.39 is 0 Å². The Morgan fingerprint density at radius 2 is 1.90 bits per heavy atom. The van der Waals surface area contributed by atoms with Crippen molar-refractivity contribution in [3.63, 3.8) is 0 Å². The maximum absolute atomic E-state index is 4.03. The van der Waals surface area contributed by atoms with Crippen molar-refractivity contribution in [3.05, 3.63) is 18.5 Å². The summed E-state index contributed by atoms with van der Waals surface area (Å²) in [7, 11) is 0. The predicted molar refractivity (Wildman–Crippen MR) is 44.0 cm³/mol. The van der Waals surface area contributed by atoms with Crippen LogP contribution in [0.25, 0.3) is 0 Å². The summed E-state index contributed by atoms with van der Waals surface area (Å²) >= 11 is 0. The number of rotatable bonds is 1. The van der Waals surface area contributed by atoms with Crippen molar-refractivity contribution in [2.45, 2.75) is 33.7 Å². The molecule has 0 bridgehead atoms. The van der Waals surface area contributed by atoms with Gasteiger partial charge in [-0.3, -0.25) is 4.68 Å². The van der Waals surface area contributed by atoms with E-state index in [0.29, 0.717) is 6.04 Å². The first-order chi connectivity index (χ1) is 4.80. The Morgan fingerprint density at radius 1 is 1.30 bits per heavy atom. The van der Waals surface area contributed by atoms with E-state index in [9.17, 15) is 0 Å². The molecule has 0 aliphatic rings. The fourth-order valence-electron chi connectivity index (χ4n) is 0.586. The first-order valence-corrected chi connectivity index (χ1v) is 3.80. The molecule has 0 spiro atoms. The minimum Gasteiger partial charge on any atom is -0.270 e. The van der Waals surface area contributed by atoms with Crippen molar-refractivity contribution in [1.82, 2.24) is 9.78 Å². The summed E-state index contributed by atoms with van der Waals surface area (Å²) in [5.41, 5.74) is 0. The summed E-state index contributed by atoms with van der Waals surface area (Å²) in [6.45, 7) is 8.21. The third-order valence-corrected chi connectivity index (χ3v) is 1.05. The molecule has 0 atom stereocenters. The first-order valence-electron chi connectivity index (χ1n) is 3.80. The molecule has 0 radical (unpaired) electrons. The minimum absolute atomic E-state index is 0.491. The summed E-state index contributed by atoms with van der Waals surface area (Å²) in [4.78, 5) is 0. The van der Waals surface area contributed by atoms with Crippen molar-refractivity contribution >= 4 is 0 Å². The van der Waals surface area contributed by atoms with Crippen LogP contribution in [-0.4, -0.2) is 9.78 Å².